The van der Waals surface area contributed by atoms with Crippen molar-refractivity contribution in [3.05, 3.63) is 95.6 Å². The summed E-state index contributed by atoms with van der Waals surface area (Å²) in [4.78, 5) is 0. The standard InChI is InChI=1S/C22H24N2/c1-3-9-19-18-13-7-5-11-16(18)15-17-12-6-8-14-21(17)24-22(23)20(19)10-4-2/h3,5-14,22,24H,1,4,15,23H2,2H3/b19-9?,20-10+. The van der Waals surface area contributed by atoms with Crippen LogP contribution in [0.4, 0.5) is 5.69 Å². The lowest BCUT2D eigenvalue weighted by atomic mass is 9.89. The highest BCUT2D eigenvalue weighted by molar-refractivity contribution is 5.84. The molecule has 0 saturated carbocycles. The largest absolute Gasteiger partial charge is 0.366 e. The first kappa shape index (κ1) is 16.3. The van der Waals surface area contributed by atoms with Gasteiger partial charge in [0, 0.05) is 12.1 Å². The topological polar surface area (TPSA) is 38.0 Å². The van der Waals surface area contributed by atoms with E-state index in [-0.39, 0.29) is 6.17 Å². The van der Waals surface area contributed by atoms with Crippen molar-refractivity contribution in [2.24, 2.45) is 5.73 Å². The second kappa shape index (κ2) is 7.33. The van der Waals surface area contributed by atoms with Crippen LogP contribution < -0.4 is 11.1 Å². The van der Waals surface area contributed by atoms with E-state index in [0.29, 0.717) is 0 Å². The summed E-state index contributed by atoms with van der Waals surface area (Å²) in [5.74, 6) is 0. The molecule has 0 aromatic heterocycles. The van der Waals surface area contributed by atoms with Gasteiger partial charge in [-0.15, -0.1) is 0 Å². The van der Waals surface area contributed by atoms with Gasteiger partial charge in [0.1, 0.15) is 6.17 Å². The van der Waals surface area contributed by atoms with Gasteiger partial charge in [-0.3, -0.25) is 0 Å². The second-order valence-electron chi connectivity index (χ2n) is 6.00. The zero-order chi connectivity index (χ0) is 16.9. The predicted molar refractivity (Wildman–Crippen MR) is 104 cm³/mol. The minimum absolute atomic E-state index is 0.261. The van der Waals surface area contributed by atoms with Crippen molar-refractivity contribution in [1.82, 2.24) is 0 Å². The van der Waals surface area contributed by atoms with Gasteiger partial charge in [-0.2, -0.15) is 0 Å². The van der Waals surface area contributed by atoms with Crippen molar-refractivity contribution in [1.29, 1.82) is 0 Å². The maximum atomic E-state index is 6.54. The first-order valence-electron chi connectivity index (χ1n) is 8.46. The molecule has 0 aliphatic carbocycles. The average Bonchev–Trinajstić information content (AvgIpc) is 2.64. The number of hydrogen-bond donors (Lipinski definition) is 2. The molecule has 1 atom stereocenters. The van der Waals surface area contributed by atoms with Crippen molar-refractivity contribution >= 4 is 11.3 Å². The molecule has 0 radical (unpaired) electrons. The third-order valence-corrected chi connectivity index (χ3v) is 4.37. The van der Waals surface area contributed by atoms with E-state index in [2.05, 4.69) is 73.4 Å². The molecule has 3 N–H and O–H groups in total. The number of hydrogen-bond acceptors (Lipinski definition) is 2. The van der Waals surface area contributed by atoms with Crippen LogP contribution in [0.3, 0.4) is 0 Å². The number of rotatable bonds is 2. The molecule has 122 valence electrons. The molecule has 0 fully saturated rings. The second-order valence-corrected chi connectivity index (χ2v) is 6.00. The maximum Gasteiger partial charge on any atom is 0.101 e. The normalized spacial score (nSPS) is 20.3. The number of nitrogens with one attached hydrogen (secondary N) is 1. The number of fused-ring (bicyclic) bond motifs is 2. The quantitative estimate of drug-likeness (QED) is 0.827. The van der Waals surface area contributed by atoms with Crippen LogP contribution in [0.1, 0.15) is 30.0 Å². The van der Waals surface area contributed by atoms with Gasteiger partial charge in [0.25, 0.3) is 0 Å². The number of benzene rings is 2. The van der Waals surface area contributed by atoms with Crippen LogP contribution in [0.15, 0.2) is 78.9 Å². The van der Waals surface area contributed by atoms with E-state index in [0.717, 1.165) is 29.7 Å². The molecule has 1 aliphatic heterocycles. The minimum atomic E-state index is -0.261. The van der Waals surface area contributed by atoms with E-state index in [1.54, 1.807) is 0 Å². The lowest BCUT2D eigenvalue weighted by Gasteiger charge is -2.22. The molecule has 0 spiro atoms. The third-order valence-electron chi connectivity index (χ3n) is 4.37. The molecule has 3 rings (SSSR count). The number of nitrogens with two attached hydrogens (primary N) is 1. The molecule has 0 saturated heterocycles. The molecular weight excluding hydrogens is 292 g/mol. The molecular formula is C22H24N2. The van der Waals surface area contributed by atoms with E-state index in [1.165, 1.54) is 16.7 Å². The van der Waals surface area contributed by atoms with Crippen LogP contribution >= 0.6 is 0 Å². The highest BCUT2D eigenvalue weighted by Crippen LogP contribution is 2.33. The Morgan fingerprint density at radius 1 is 1.12 bits per heavy atom. The van der Waals surface area contributed by atoms with Gasteiger partial charge in [0.05, 0.1) is 0 Å². The average molecular weight is 316 g/mol. The van der Waals surface area contributed by atoms with Gasteiger partial charge in [-0.05, 0) is 40.3 Å². The fourth-order valence-corrected chi connectivity index (χ4v) is 3.29. The number of anilines is 1. The van der Waals surface area contributed by atoms with Crippen LogP contribution in [0.25, 0.3) is 5.57 Å². The summed E-state index contributed by atoms with van der Waals surface area (Å²) in [5, 5.41) is 3.49. The fraction of sp³-hybridized carbons (Fsp3) is 0.182. The lowest BCUT2D eigenvalue weighted by molar-refractivity contribution is 0.896. The van der Waals surface area contributed by atoms with Gasteiger partial charge in [0.15, 0.2) is 0 Å². The molecule has 24 heavy (non-hydrogen) atoms. The van der Waals surface area contributed by atoms with Crippen molar-refractivity contribution in [2.75, 3.05) is 5.32 Å². The van der Waals surface area contributed by atoms with E-state index in [9.17, 15) is 0 Å². The first-order chi connectivity index (χ1) is 11.7. The summed E-state index contributed by atoms with van der Waals surface area (Å²) in [7, 11) is 0. The Labute approximate surface area is 144 Å². The van der Waals surface area contributed by atoms with Crippen LogP contribution in [0.5, 0.6) is 0 Å². The Morgan fingerprint density at radius 3 is 2.58 bits per heavy atom. The molecule has 1 heterocycles. The highest BCUT2D eigenvalue weighted by Gasteiger charge is 2.20. The first-order valence-corrected chi connectivity index (χ1v) is 8.46. The number of allylic oxidation sites excluding steroid dienone is 3. The van der Waals surface area contributed by atoms with Crippen molar-refractivity contribution < 1.29 is 0 Å². The van der Waals surface area contributed by atoms with E-state index >= 15 is 0 Å². The monoisotopic (exact) mass is 316 g/mol. The smallest absolute Gasteiger partial charge is 0.101 e. The van der Waals surface area contributed by atoms with Crippen molar-refractivity contribution in [3.8, 4) is 0 Å². The minimum Gasteiger partial charge on any atom is -0.366 e. The molecule has 2 heteroatoms. The Bertz CT molecular complexity index is 799. The van der Waals surface area contributed by atoms with Crippen molar-refractivity contribution in [2.45, 2.75) is 25.9 Å². The van der Waals surface area contributed by atoms with Crippen LogP contribution in [-0.2, 0) is 6.42 Å². The SMILES string of the molecule is C=CC=C1/C(=C\CC)C(N)Nc2ccccc2Cc2ccccc21. The van der Waals surface area contributed by atoms with Crippen LogP contribution in [-0.4, -0.2) is 6.17 Å². The Balaban J connectivity index is 2.26. The summed E-state index contributed by atoms with van der Waals surface area (Å²) >= 11 is 0. The van der Waals surface area contributed by atoms with Gasteiger partial charge < -0.3 is 11.1 Å². The van der Waals surface area contributed by atoms with Crippen molar-refractivity contribution in [3.63, 3.8) is 0 Å². The molecule has 2 aromatic rings. The number of para-hydroxylation sites is 1. The predicted octanol–water partition coefficient (Wildman–Crippen LogP) is 4.89. The Morgan fingerprint density at radius 2 is 1.83 bits per heavy atom. The Kier molecular flexibility index (Phi) is 4.97. The third kappa shape index (κ3) is 3.19. The summed E-state index contributed by atoms with van der Waals surface area (Å²) in [5.41, 5.74) is 13.7. The van der Waals surface area contributed by atoms with Gasteiger partial charge in [-0.25, -0.2) is 0 Å². The summed E-state index contributed by atoms with van der Waals surface area (Å²) in [6.45, 7) is 6.04. The molecule has 0 bridgehead atoms. The summed E-state index contributed by atoms with van der Waals surface area (Å²) < 4.78 is 0. The fourth-order valence-electron chi connectivity index (χ4n) is 3.29. The van der Waals surface area contributed by atoms with Crippen LogP contribution in [0.2, 0.25) is 0 Å². The molecule has 2 nitrogen and oxygen atoms in total. The molecule has 2 aromatic carbocycles. The van der Waals surface area contributed by atoms with E-state index < -0.39 is 0 Å². The molecule has 0 amide bonds. The Hall–Kier alpha value is -2.58. The molecule has 1 unspecified atom stereocenters. The van der Waals surface area contributed by atoms with Gasteiger partial charge in [-0.1, -0.05) is 74.2 Å². The molecule has 1 aliphatic rings. The van der Waals surface area contributed by atoms with E-state index in [4.69, 9.17) is 5.73 Å². The summed E-state index contributed by atoms with van der Waals surface area (Å²) in [6, 6.07) is 16.9. The highest BCUT2D eigenvalue weighted by atomic mass is 15.0. The van der Waals surface area contributed by atoms with E-state index in [1.807, 2.05) is 12.1 Å². The van der Waals surface area contributed by atoms with Crippen LogP contribution in [0, 0.1) is 0 Å². The zero-order valence-electron chi connectivity index (χ0n) is 14.1. The summed E-state index contributed by atoms with van der Waals surface area (Å²) in [6.07, 6.45) is 7.66. The van der Waals surface area contributed by atoms with Gasteiger partial charge in [0.2, 0.25) is 0 Å². The van der Waals surface area contributed by atoms with Gasteiger partial charge >= 0.3 is 0 Å². The maximum absolute atomic E-state index is 6.54. The zero-order valence-corrected chi connectivity index (χ0v) is 14.1. The lowest BCUT2D eigenvalue weighted by Crippen LogP contribution is -2.32.